The highest BCUT2D eigenvalue weighted by Gasteiger charge is 2.42. The molecule has 2 aromatic carbocycles. The van der Waals surface area contributed by atoms with Crippen molar-refractivity contribution in [2.24, 2.45) is 0 Å². The fourth-order valence-corrected chi connectivity index (χ4v) is 5.70. The van der Waals surface area contributed by atoms with Crippen LogP contribution in [0.15, 0.2) is 85.2 Å². The Morgan fingerprint density at radius 1 is 1.05 bits per heavy atom. The summed E-state index contributed by atoms with van der Waals surface area (Å²) in [5.41, 5.74) is 3.78. The van der Waals surface area contributed by atoms with Crippen LogP contribution in [0.5, 0.6) is 11.5 Å². The van der Waals surface area contributed by atoms with Crippen LogP contribution in [0.1, 0.15) is 30.4 Å². The maximum absolute atomic E-state index is 12.1. The summed E-state index contributed by atoms with van der Waals surface area (Å²) in [6.07, 6.45) is 4.86. The van der Waals surface area contributed by atoms with Gasteiger partial charge in [-0.3, -0.25) is 9.71 Å². The van der Waals surface area contributed by atoms with E-state index in [4.69, 9.17) is 21.7 Å². The summed E-state index contributed by atoms with van der Waals surface area (Å²) in [7, 11) is -2.05. The summed E-state index contributed by atoms with van der Waals surface area (Å²) in [6.45, 7) is 2.55. The fourth-order valence-electron chi connectivity index (χ4n) is 4.80. The zero-order valence-corrected chi connectivity index (χ0v) is 23.4. The van der Waals surface area contributed by atoms with Gasteiger partial charge in [0.1, 0.15) is 17.5 Å². The lowest BCUT2D eigenvalue weighted by Crippen LogP contribution is -2.30. The Balaban J connectivity index is 1.63. The van der Waals surface area contributed by atoms with E-state index in [0.29, 0.717) is 28.8 Å². The minimum absolute atomic E-state index is 0.275. The first-order valence-corrected chi connectivity index (χ1v) is 14.7. The van der Waals surface area contributed by atoms with Gasteiger partial charge in [0.15, 0.2) is 5.11 Å². The number of sulfonamides is 1. The number of nitrogens with one attached hydrogen (secondary N) is 2. The van der Waals surface area contributed by atoms with Crippen molar-refractivity contribution < 1.29 is 17.9 Å². The van der Waals surface area contributed by atoms with Crippen molar-refractivity contribution in [1.29, 1.82) is 0 Å². The van der Waals surface area contributed by atoms with Gasteiger partial charge in [-0.2, -0.15) is 0 Å². The molecule has 0 bridgehead atoms. The highest BCUT2D eigenvalue weighted by molar-refractivity contribution is 7.92. The summed E-state index contributed by atoms with van der Waals surface area (Å²) in [4.78, 5) is 6.61. The second-order valence-electron chi connectivity index (χ2n) is 8.99. The van der Waals surface area contributed by atoms with Gasteiger partial charge in [0.2, 0.25) is 10.0 Å². The molecule has 0 unspecified atom stereocenters. The Kier molecular flexibility index (Phi) is 7.45. The Labute approximate surface area is 233 Å². The van der Waals surface area contributed by atoms with Gasteiger partial charge in [0.05, 0.1) is 37.4 Å². The van der Waals surface area contributed by atoms with E-state index in [0.717, 1.165) is 29.1 Å². The molecule has 1 aliphatic heterocycles. The molecule has 39 heavy (non-hydrogen) atoms. The van der Waals surface area contributed by atoms with Crippen LogP contribution in [0.3, 0.4) is 0 Å². The molecule has 3 heterocycles. The molecular weight excluding hydrogens is 534 g/mol. The molecule has 5 rings (SSSR count). The molecule has 0 radical (unpaired) electrons. The average molecular weight is 564 g/mol. The maximum Gasteiger partial charge on any atom is 0.229 e. The van der Waals surface area contributed by atoms with Crippen molar-refractivity contribution in [1.82, 2.24) is 14.9 Å². The molecule has 0 aliphatic carbocycles. The molecule has 0 saturated carbocycles. The van der Waals surface area contributed by atoms with Gasteiger partial charge in [0, 0.05) is 29.5 Å². The first kappa shape index (κ1) is 26.5. The van der Waals surface area contributed by atoms with Gasteiger partial charge < -0.3 is 24.3 Å². The fraction of sp³-hybridized carbons (Fsp3) is 0.214. The smallest absolute Gasteiger partial charge is 0.229 e. The van der Waals surface area contributed by atoms with Crippen molar-refractivity contribution >= 4 is 38.7 Å². The molecule has 4 aromatic rings. The van der Waals surface area contributed by atoms with Crippen molar-refractivity contribution in [2.45, 2.75) is 19.0 Å². The highest BCUT2D eigenvalue weighted by atomic mass is 32.2. The lowest BCUT2D eigenvalue weighted by molar-refractivity contribution is 0.340. The van der Waals surface area contributed by atoms with Crippen LogP contribution >= 0.6 is 12.2 Å². The summed E-state index contributed by atoms with van der Waals surface area (Å²) in [5.74, 6) is 1.20. The van der Waals surface area contributed by atoms with Gasteiger partial charge in [-0.1, -0.05) is 6.07 Å². The number of rotatable bonds is 9. The molecule has 9 nitrogen and oxygen atoms in total. The first-order valence-electron chi connectivity index (χ1n) is 12.4. The number of pyridine rings is 1. The summed E-state index contributed by atoms with van der Waals surface area (Å²) in [6, 6.07) is 22.5. The Morgan fingerprint density at radius 3 is 2.49 bits per heavy atom. The maximum atomic E-state index is 12.1. The Morgan fingerprint density at radius 2 is 1.82 bits per heavy atom. The van der Waals surface area contributed by atoms with Gasteiger partial charge in [0.25, 0.3) is 0 Å². The van der Waals surface area contributed by atoms with Gasteiger partial charge in [-0.25, -0.2) is 8.42 Å². The van der Waals surface area contributed by atoms with Crippen LogP contribution in [-0.2, 0) is 10.0 Å². The molecular formula is C28H29N5O4S2. The molecule has 2 N–H and O–H groups in total. The predicted octanol–water partition coefficient (Wildman–Crippen LogP) is 4.83. The molecule has 1 saturated heterocycles. The molecule has 0 amide bonds. The quantitative estimate of drug-likeness (QED) is 0.280. The molecule has 11 heteroatoms. The van der Waals surface area contributed by atoms with E-state index < -0.39 is 10.0 Å². The summed E-state index contributed by atoms with van der Waals surface area (Å²) in [5, 5.41) is 3.94. The third kappa shape index (κ3) is 5.55. The van der Waals surface area contributed by atoms with Crippen molar-refractivity contribution in [2.75, 3.05) is 29.6 Å². The topological polar surface area (TPSA) is 97.7 Å². The number of thiocarbonyl (C=S) groups is 1. The number of anilines is 2. The number of methoxy groups -OCH3 is 1. The van der Waals surface area contributed by atoms with Crippen LogP contribution in [0, 0.1) is 0 Å². The lowest BCUT2D eigenvalue weighted by Gasteiger charge is -2.29. The van der Waals surface area contributed by atoms with Crippen LogP contribution in [0.4, 0.5) is 11.4 Å². The second kappa shape index (κ2) is 11.0. The molecule has 1 fully saturated rings. The summed E-state index contributed by atoms with van der Waals surface area (Å²) < 4.78 is 39.9. The Hall–Kier alpha value is -4.09. The normalized spacial score (nSPS) is 17.1. The third-order valence-corrected chi connectivity index (χ3v) is 7.27. The van der Waals surface area contributed by atoms with Crippen molar-refractivity contribution in [3.8, 4) is 17.2 Å². The molecule has 2 atom stereocenters. The van der Waals surface area contributed by atoms with Crippen LogP contribution in [-0.4, -0.2) is 43.1 Å². The summed E-state index contributed by atoms with van der Waals surface area (Å²) >= 11 is 5.86. The van der Waals surface area contributed by atoms with Gasteiger partial charge in [-0.05, 0) is 85.9 Å². The second-order valence-corrected chi connectivity index (χ2v) is 11.1. The van der Waals surface area contributed by atoms with Crippen LogP contribution < -0.4 is 24.4 Å². The molecule has 1 aliphatic rings. The Bertz CT molecular complexity index is 1570. The van der Waals surface area contributed by atoms with E-state index in [1.165, 1.54) is 7.11 Å². The third-order valence-electron chi connectivity index (χ3n) is 6.36. The minimum Gasteiger partial charge on any atom is -0.495 e. The number of ether oxygens (including phenoxy) is 2. The van der Waals surface area contributed by atoms with E-state index in [1.807, 2.05) is 72.6 Å². The van der Waals surface area contributed by atoms with Crippen molar-refractivity contribution in [3.05, 3.63) is 96.6 Å². The number of benzene rings is 2. The minimum atomic E-state index is -3.55. The number of hydrogen-bond donors (Lipinski definition) is 2. The van der Waals surface area contributed by atoms with E-state index in [-0.39, 0.29) is 12.1 Å². The van der Waals surface area contributed by atoms with E-state index >= 15 is 0 Å². The first-order chi connectivity index (χ1) is 18.8. The number of aromatic nitrogens is 2. The van der Waals surface area contributed by atoms with Crippen LogP contribution in [0.25, 0.3) is 5.69 Å². The number of nitrogens with zero attached hydrogens (tertiary/aromatic N) is 3. The standard InChI is InChI=1S/C28H29N5O4S2/c1-4-37-21-13-10-19(11-14-21)32-17-7-9-24(32)27-26(22-8-5-6-16-29-22)30-28(38)33(27)20-12-15-25(36-2)23(18-20)31-39(3,34)35/h5-18,26-27,31H,4H2,1-3H3,(H,30,38)/t26-,27+/m1/s1. The van der Waals surface area contributed by atoms with Gasteiger partial charge in [-0.15, -0.1) is 0 Å². The van der Waals surface area contributed by atoms with E-state index in [9.17, 15) is 8.42 Å². The van der Waals surface area contributed by atoms with Crippen molar-refractivity contribution in [3.63, 3.8) is 0 Å². The highest BCUT2D eigenvalue weighted by Crippen LogP contribution is 2.44. The molecule has 0 spiro atoms. The SMILES string of the molecule is CCOc1ccc(-n2cccc2[C@H]2[C@@H](c3ccccn3)NC(=S)N2c2ccc(OC)c(NS(C)(=O)=O)c2)cc1. The van der Waals surface area contributed by atoms with E-state index in [2.05, 4.69) is 25.7 Å². The number of hydrogen-bond acceptors (Lipinski definition) is 6. The predicted molar refractivity (Wildman–Crippen MR) is 156 cm³/mol. The van der Waals surface area contributed by atoms with E-state index in [1.54, 1.807) is 18.3 Å². The molecule has 2 aromatic heterocycles. The lowest BCUT2D eigenvalue weighted by atomic mass is 10.0. The van der Waals surface area contributed by atoms with Gasteiger partial charge >= 0.3 is 0 Å². The van der Waals surface area contributed by atoms with Crippen LogP contribution in [0.2, 0.25) is 0 Å². The monoisotopic (exact) mass is 563 g/mol. The average Bonchev–Trinajstić information content (AvgIpc) is 3.53. The molecule has 202 valence electrons. The zero-order valence-electron chi connectivity index (χ0n) is 21.7. The largest absolute Gasteiger partial charge is 0.495 e. The zero-order chi connectivity index (χ0) is 27.6.